The quantitative estimate of drug-likeness (QED) is 0.886. The fraction of sp³-hybridized carbons (Fsp3) is 0.500. The number of benzene rings is 1. The average molecular weight is 326 g/mol. The number of nitrogens with one attached hydrogen (secondary N) is 1. The van der Waals surface area contributed by atoms with Gasteiger partial charge in [-0.1, -0.05) is 18.9 Å². The highest BCUT2D eigenvalue weighted by molar-refractivity contribution is 5.99. The van der Waals surface area contributed by atoms with Crippen molar-refractivity contribution in [2.24, 2.45) is 5.73 Å². The summed E-state index contributed by atoms with van der Waals surface area (Å²) >= 11 is 0. The van der Waals surface area contributed by atoms with E-state index in [0.29, 0.717) is 17.7 Å². The highest BCUT2D eigenvalue weighted by Crippen LogP contribution is 2.29. The van der Waals surface area contributed by atoms with Crippen LogP contribution < -0.4 is 11.1 Å². The van der Waals surface area contributed by atoms with Gasteiger partial charge in [0, 0.05) is 31.8 Å². The van der Waals surface area contributed by atoms with Crippen LogP contribution in [0.25, 0.3) is 0 Å². The van der Waals surface area contributed by atoms with Crippen molar-refractivity contribution in [2.75, 3.05) is 20.6 Å². The number of nitrogens with two attached hydrogens (primary N) is 1. The zero-order valence-electron chi connectivity index (χ0n) is 13.1. The number of rotatable bonds is 4. The zero-order chi connectivity index (χ0) is 15.5. The Balaban J connectivity index is 0.00000242. The summed E-state index contributed by atoms with van der Waals surface area (Å²) in [5.74, 6) is -0.269. The number of nitrogens with zero attached hydrogens (tertiary/aromatic N) is 1. The van der Waals surface area contributed by atoms with Crippen molar-refractivity contribution in [1.82, 2.24) is 10.2 Å². The third kappa shape index (κ3) is 3.99. The minimum Gasteiger partial charge on any atom is -0.345 e. The monoisotopic (exact) mass is 325 g/mol. The smallest absolute Gasteiger partial charge is 0.253 e. The van der Waals surface area contributed by atoms with Gasteiger partial charge in [-0.25, -0.2) is 0 Å². The van der Waals surface area contributed by atoms with Gasteiger partial charge in [-0.05, 0) is 31.0 Å². The van der Waals surface area contributed by atoms with Gasteiger partial charge < -0.3 is 16.0 Å². The average Bonchev–Trinajstić information content (AvgIpc) is 2.95. The van der Waals surface area contributed by atoms with Crippen molar-refractivity contribution >= 4 is 24.2 Å². The van der Waals surface area contributed by atoms with Crippen molar-refractivity contribution in [3.05, 3.63) is 35.4 Å². The maximum atomic E-state index is 12.4. The molecule has 0 aliphatic heterocycles. The molecule has 2 amide bonds. The zero-order valence-corrected chi connectivity index (χ0v) is 13.9. The van der Waals surface area contributed by atoms with Gasteiger partial charge in [0.2, 0.25) is 0 Å². The summed E-state index contributed by atoms with van der Waals surface area (Å²) in [6.07, 6.45) is 4.03. The van der Waals surface area contributed by atoms with Gasteiger partial charge in [-0.2, -0.15) is 0 Å². The molecule has 1 aromatic rings. The van der Waals surface area contributed by atoms with Gasteiger partial charge >= 0.3 is 0 Å². The molecule has 0 aromatic heterocycles. The molecule has 0 spiro atoms. The van der Waals surface area contributed by atoms with E-state index in [9.17, 15) is 9.59 Å². The van der Waals surface area contributed by atoms with Gasteiger partial charge in [-0.15, -0.1) is 12.4 Å². The molecular weight excluding hydrogens is 302 g/mol. The van der Waals surface area contributed by atoms with Crippen LogP contribution in [0, 0.1) is 0 Å². The first-order valence-electron chi connectivity index (χ1n) is 7.32. The van der Waals surface area contributed by atoms with Crippen LogP contribution in [-0.2, 0) is 0 Å². The van der Waals surface area contributed by atoms with Gasteiger partial charge in [0.15, 0.2) is 0 Å². The van der Waals surface area contributed by atoms with Crippen LogP contribution in [0.3, 0.4) is 0 Å². The fourth-order valence-electron chi connectivity index (χ4n) is 2.80. The summed E-state index contributed by atoms with van der Waals surface area (Å²) in [7, 11) is 3.38. The van der Waals surface area contributed by atoms with Crippen LogP contribution >= 0.6 is 12.4 Å². The summed E-state index contributed by atoms with van der Waals surface area (Å²) in [5, 5.41) is 3.06. The van der Waals surface area contributed by atoms with E-state index in [1.54, 1.807) is 38.4 Å². The molecule has 3 N–H and O–H groups in total. The minimum atomic E-state index is -0.279. The van der Waals surface area contributed by atoms with Crippen molar-refractivity contribution < 1.29 is 9.59 Å². The van der Waals surface area contributed by atoms with E-state index in [0.717, 1.165) is 25.7 Å². The van der Waals surface area contributed by atoms with Crippen LogP contribution in [0.1, 0.15) is 46.4 Å². The number of halogens is 1. The molecule has 1 aromatic carbocycles. The van der Waals surface area contributed by atoms with Gasteiger partial charge in [0.1, 0.15) is 0 Å². The summed E-state index contributed by atoms with van der Waals surface area (Å²) in [6.45, 7) is 0.453. The van der Waals surface area contributed by atoms with Crippen LogP contribution in [0.5, 0.6) is 0 Å². The molecule has 1 fully saturated rings. The second kappa shape index (κ2) is 7.61. The molecule has 1 saturated carbocycles. The first kappa shape index (κ1) is 18.5. The first-order chi connectivity index (χ1) is 9.97. The van der Waals surface area contributed by atoms with E-state index in [2.05, 4.69) is 5.32 Å². The lowest BCUT2D eigenvalue weighted by atomic mass is 9.97. The van der Waals surface area contributed by atoms with E-state index >= 15 is 0 Å². The molecule has 2 rings (SSSR count). The Bertz CT molecular complexity index is 540. The predicted octanol–water partition coefficient (Wildman–Crippen LogP) is 1.81. The molecule has 6 heteroatoms. The SMILES string of the molecule is CN(C)C(=O)c1cccc(C(=O)NC2(CN)CCCC2)c1.Cl. The van der Waals surface area contributed by atoms with E-state index in [-0.39, 0.29) is 29.8 Å². The second-order valence-electron chi connectivity index (χ2n) is 5.93. The topological polar surface area (TPSA) is 75.4 Å². The van der Waals surface area contributed by atoms with E-state index < -0.39 is 0 Å². The van der Waals surface area contributed by atoms with Gasteiger partial charge in [0.05, 0.1) is 5.54 Å². The Labute approximate surface area is 137 Å². The lowest BCUT2D eigenvalue weighted by molar-refractivity contribution is 0.0827. The molecule has 1 aliphatic rings. The number of amides is 2. The largest absolute Gasteiger partial charge is 0.345 e. The van der Waals surface area contributed by atoms with Crippen LogP contribution in [0.2, 0.25) is 0 Å². The van der Waals surface area contributed by atoms with Gasteiger partial charge in [-0.3, -0.25) is 9.59 Å². The Morgan fingerprint density at radius 1 is 1.23 bits per heavy atom. The first-order valence-corrected chi connectivity index (χ1v) is 7.32. The van der Waals surface area contributed by atoms with Crippen LogP contribution in [-0.4, -0.2) is 42.9 Å². The molecule has 0 saturated heterocycles. The van der Waals surface area contributed by atoms with Crippen molar-refractivity contribution in [1.29, 1.82) is 0 Å². The molecule has 0 atom stereocenters. The third-order valence-corrected chi connectivity index (χ3v) is 4.11. The second-order valence-corrected chi connectivity index (χ2v) is 5.93. The molecule has 0 heterocycles. The van der Waals surface area contributed by atoms with E-state index in [1.165, 1.54) is 4.90 Å². The normalized spacial score (nSPS) is 15.8. The predicted molar refractivity (Wildman–Crippen MR) is 89.4 cm³/mol. The Morgan fingerprint density at radius 3 is 2.36 bits per heavy atom. The number of hydrogen-bond acceptors (Lipinski definition) is 3. The van der Waals surface area contributed by atoms with E-state index in [4.69, 9.17) is 5.73 Å². The molecule has 1 aliphatic carbocycles. The third-order valence-electron chi connectivity index (χ3n) is 4.11. The van der Waals surface area contributed by atoms with E-state index in [1.807, 2.05) is 0 Å². The molecule has 0 radical (unpaired) electrons. The van der Waals surface area contributed by atoms with Crippen molar-refractivity contribution in [2.45, 2.75) is 31.2 Å². The molecular formula is C16H24ClN3O2. The van der Waals surface area contributed by atoms with Crippen LogP contribution in [0.15, 0.2) is 24.3 Å². The number of carbonyl (C=O) groups is 2. The summed E-state index contributed by atoms with van der Waals surface area (Å²) in [4.78, 5) is 25.9. The van der Waals surface area contributed by atoms with Crippen molar-refractivity contribution in [3.63, 3.8) is 0 Å². The highest BCUT2D eigenvalue weighted by Gasteiger charge is 2.34. The van der Waals surface area contributed by atoms with Crippen LogP contribution in [0.4, 0.5) is 0 Å². The summed E-state index contributed by atoms with van der Waals surface area (Å²) in [6, 6.07) is 6.81. The molecule has 0 bridgehead atoms. The number of hydrogen-bond donors (Lipinski definition) is 2. The number of carbonyl (C=O) groups excluding carboxylic acids is 2. The summed E-state index contributed by atoms with van der Waals surface area (Å²) < 4.78 is 0. The standard InChI is InChI=1S/C16H23N3O2.ClH/c1-19(2)15(21)13-7-5-6-12(10-13)14(20)18-16(11-17)8-3-4-9-16;/h5-7,10H,3-4,8-9,11,17H2,1-2H3,(H,18,20);1H. The van der Waals surface area contributed by atoms with Crippen molar-refractivity contribution in [3.8, 4) is 0 Å². The lowest BCUT2D eigenvalue weighted by Crippen LogP contribution is -2.51. The molecule has 0 unspecified atom stereocenters. The highest BCUT2D eigenvalue weighted by atomic mass is 35.5. The maximum absolute atomic E-state index is 12.4. The van der Waals surface area contributed by atoms with Gasteiger partial charge in [0.25, 0.3) is 11.8 Å². The minimum absolute atomic E-state index is 0. The Kier molecular flexibility index (Phi) is 6.38. The maximum Gasteiger partial charge on any atom is 0.253 e. The molecule has 5 nitrogen and oxygen atoms in total. The molecule has 22 heavy (non-hydrogen) atoms. The lowest BCUT2D eigenvalue weighted by Gasteiger charge is -2.28. The Hall–Kier alpha value is -1.59. The Morgan fingerprint density at radius 2 is 1.82 bits per heavy atom. The summed E-state index contributed by atoms with van der Waals surface area (Å²) in [5.41, 5.74) is 6.58. The fourth-order valence-corrected chi connectivity index (χ4v) is 2.80. The molecule has 122 valence electrons.